The second-order valence-corrected chi connectivity index (χ2v) is 8.83. The Morgan fingerprint density at radius 1 is 1.00 bits per heavy atom. The first-order valence-electron chi connectivity index (χ1n) is 9.74. The molecule has 0 saturated carbocycles. The summed E-state index contributed by atoms with van der Waals surface area (Å²) in [6.07, 6.45) is 0. The molecule has 166 valence electrons. The van der Waals surface area contributed by atoms with Gasteiger partial charge in [0.2, 0.25) is 0 Å². The Labute approximate surface area is 207 Å². The number of hydrogen-bond acceptors (Lipinski definition) is 4. The molecule has 2 N–H and O–H groups in total. The maximum atomic E-state index is 14.1. The normalized spacial score (nSPS) is 13.5. The van der Waals surface area contributed by atoms with Crippen molar-refractivity contribution in [3.8, 4) is 0 Å². The van der Waals surface area contributed by atoms with Gasteiger partial charge in [-0.1, -0.05) is 23.7 Å². The van der Waals surface area contributed by atoms with Crippen molar-refractivity contribution in [1.82, 2.24) is 0 Å². The molecule has 3 amide bonds. The summed E-state index contributed by atoms with van der Waals surface area (Å²) >= 11 is 8.29. The standard InChI is InChI=1S/C24H16ClFIN3O3/c1-13-12-15(27)8-11-18(13)29-22(31)14-6-9-16(10-7-14)28-21-20(25)23(32)30(24(21)33)19-5-3-2-4-17(19)26/h2-12,28H,1H3,(H,29,31). The van der Waals surface area contributed by atoms with Crippen molar-refractivity contribution in [3.05, 3.63) is 98.0 Å². The monoisotopic (exact) mass is 575 g/mol. The molecule has 0 unspecified atom stereocenters. The second-order valence-electron chi connectivity index (χ2n) is 7.20. The van der Waals surface area contributed by atoms with E-state index in [4.69, 9.17) is 11.6 Å². The van der Waals surface area contributed by atoms with Gasteiger partial charge in [-0.15, -0.1) is 0 Å². The molecule has 1 aliphatic rings. The number of carbonyl (C=O) groups excluding carboxylic acids is 3. The van der Waals surface area contributed by atoms with Crippen LogP contribution in [-0.2, 0) is 9.59 Å². The first-order chi connectivity index (χ1) is 15.8. The molecule has 9 heteroatoms. The zero-order chi connectivity index (χ0) is 23.7. The van der Waals surface area contributed by atoms with Crippen LogP contribution in [0.1, 0.15) is 15.9 Å². The van der Waals surface area contributed by atoms with Crippen molar-refractivity contribution in [2.24, 2.45) is 0 Å². The van der Waals surface area contributed by atoms with Gasteiger partial charge in [0.15, 0.2) is 0 Å². The molecule has 0 radical (unpaired) electrons. The maximum absolute atomic E-state index is 14.1. The molecular weight excluding hydrogens is 560 g/mol. The van der Waals surface area contributed by atoms with Crippen molar-refractivity contribution in [2.75, 3.05) is 15.5 Å². The quantitative estimate of drug-likeness (QED) is 0.314. The highest BCUT2D eigenvalue weighted by molar-refractivity contribution is 14.1. The zero-order valence-electron chi connectivity index (χ0n) is 17.2. The smallest absolute Gasteiger partial charge is 0.283 e. The molecule has 0 atom stereocenters. The fourth-order valence-electron chi connectivity index (χ4n) is 3.27. The van der Waals surface area contributed by atoms with Crippen LogP contribution in [0.25, 0.3) is 0 Å². The third kappa shape index (κ3) is 4.62. The van der Waals surface area contributed by atoms with Crippen LogP contribution in [0.5, 0.6) is 0 Å². The van der Waals surface area contributed by atoms with Gasteiger partial charge in [-0.3, -0.25) is 14.4 Å². The minimum Gasteiger partial charge on any atom is -0.350 e. The summed E-state index contributed by atoms with van der Waals surface area (Å²) in [4.78, 5) is 38.5. The van der Waals surface area contributed by atoms with Crippen LogP contribution in [0.3, 0.4) is 0 Å². The van der Waals surface area contributed by atoms with Crippen molar-refractivity contribution in [2.45, 2.75) is 6.92 Å². The fourth-order valence-corrected chi connectivity index (χ4v) is 4.13. The Bertz CT molecular complexity index is 1320. The number of hydrogen-bond donors (Lipinski definition) is 2. The first-order valence-corrected chi connectivity index (χ1v) is 11.2. The molecule has 0 aromatic heterocycles. The third-order valence-electron chi connectivity index (χ3n) is 4.97. The topological polar surface area (TPSA) is 78.5 Å². The van der Waals surface area contributed by atoms with Gasteiger partial charge in [-0.25, -0.2) is 9.29 Å². The maximum Gasteiger partial charge on any atom is 0.283 e. The van der Waals surface area contributed by atoms with E-state index in [-0.39, 0.29) is 22.3 Å². The number of benzene rings is 3. The Kier molecular flexibility index (Phi) is 6.48. The molecule has 0 fully saturated rings. The number of aryl methyl sites for hydroxylation is 1. The van der Waals surface area contributed by atoms with Crippen LogP contribution in [0.2, 0.25) is 0 Å². The number of para-hydroxylation sites is 1. The van der Waals surface area contributed by atoms with Gasteiger partial charge in [0.05, 0.1) is 5.69 Å². The second kappa shape index (κ2) is 9.32. The Morgan fingerprint density at radius 2 is 1.70 bits per heavy atom. The molecule has 0 aliphatic carbocycles. The number of amides is 3. The number of imide groups is 1. The van der Waals surface area contributed by atoms with Crippen molar-refractivity contribution in [1.29, 1.82) is 0 Å². The highest BCUT2D eigenvalue weighted by Crippen LogP contribution is 2.31. The molecule has 0 spiro atoms. The van der Waals surface area contributed by atoms with Crippen molar-refractivity contribution >= 4 is 69.0 Å². The van der Waals surface area contributed by atoms with E-state index in [1.165, 1.54) is 18.2 Å². The van der Waals surface area contributed by atoms with Gasteiger partial charge in [0.1, 0.15) is 16.5 Å². The number of anilines is 3. The van der Waals surface area contributed by atoms with E-state index < -0.39 is 17.6 Å². The van der Waals surface area contributed by atoms with Crippen LogP contribution < -0.4 is 15.5 Å². The lowest BCUT2D eigenvalue weighted by Crippen LogP contribution is -2.33. The minimum atomic E-state index is -0.821. The number of rotatable bonds is 5. The van der Waals surface area contributed by atoms with E-state index in [9.17, 15) is 18.8 Å². The molecule has 4 rings (SSSR count). The number of halogens is 3. The van der Waals surface area contributed by atoms with E-state index in [1.54, 1.807) is 24.3 Å². The van der Waals surface area contributed by atoms with Gasteiger partial charge in [0.25, 0.3) is 17.7 Å². The van der Waals surface area contributed by atoms with E-state index in [2.05, 4.69) is 33.2 Å². The SMILES string of the molecule is Cc1cc(I)ccc1NC(=O)c1ccc(NC2=C(Cl)C(=O)N(c3ccccc3F)C2=O)cc1. The fraction of sp³-hybridized carbons (Fsp3) is 0.0417. The first kappa shape index (κ1) is 22.9. The number of nitrogens with one attached hydrogen (secondary N) is 2. The molecule has 0 saturated heterocycles. The van der Waals surface area contributed by atoms with Gasteiger partial charge < -0.3 is 10.6 Å². The Balaban J connectivity index is 1.49. The zero-order valence-corrected chi connectivity index (χ0v) is 20.1. The minimum absolute atomic E-state index is 0.170. The summed E-state index contributed by atoms with van der Waals surface area (Å²) in [6, 6.07) is 17.4. The predicted octanol–water partition coefficient (Wildman–Crippen LogP) is 5.43. The summed E-state index contributed by atoms with van der Waals surface area (Å²) in [5, 5.41) is 5.32. The van der Waals surface area contributed by atoms with Crippen molar-refractivity contribution in [3.63, 3.8) is 0 Å². The molecule has 3 aromatic rings. The van der Waals surface area contributed by atoms with Crippen LogP contribution in [-0.4, -0.2) is 17.7 Å². The van der Waals surface area contributed by atoms with Crippen LogP contribution in [0.4, 0.5) is 21.5 Å². The highest BCUT2D eigenvalue weighted by atomic mass is 127. The summed E-state index contributed by atoms with van der Waals surface area (Å²) in [7, 11) is 0. The predicted molar refractivity (Wildman–Crippen MR) is 134 cm³/mol. The molecule has 1 aliphatic heterocycles. The van der Waals surface area contributed by atoms with E-state index in [0.29, 0.717) is 21.8 Å². The largest absolute Gasteiger partial charge is 0.350 e. The highest BCUT2D eigenvalue weighted by Gasteiger charge is 2.40. The van der Waals surface area contributed by atoms with Crippen LogP contribution >= 0.6 is 34.2 Å². The lowest BCUT2D eigenvalue weighted by atomic mass is 10.1. The average molecular weight is 576 g/mol. The Hall–Kier alpha value is -3.24. The van der Waals surface area contributed by atoms with Crippen molar-refractivity contribution < 1.29 is 18.8 Å². The van der Waals surface area contributed by atoms with E-state index >= 15 is 0 Å². The summed E-state index contributed by atoms with van der Waals surface area (Å²) in [6.45, 7) is 1.91. The molecule has 1 heterocycles. The molecule has 33 heavy (non-hydrogen) atoms. The molecule has 6 nitrogen and oxygen atoms in total. The van der Waals surface area contributed by atoms with Gasteiger partial charge in [0, 0.05) is 20.5 Å². The molecule has 0 bridgehead atoms. The van der Waals surface area contributed by atoms with Gasteiger partial charge >= 0.3 is 0 Å². The third-order valence-corrected chi connectivity index (χ3v) is 6.00. The van der Waals surface area contributed by atoms with Crippen LogP contribution in [0, 0.1) is 16.3 Å². The lowest BCUT2D eigenvalue weighted by Gasteiger charge is -2.15. The lowest BCUT2D eigenvalue weighted by molar-refractivity contribution is -0.120. The van der Waals surface area contributed by atoms with Gasteiger partial charge in [-0.2, -0.15) is 0 Å². The Morgan fingerprint density at radius 3 is 2.36 bits per heavy atom. The van der Waals surface area contributed by atoms with Crippen LogP contribution in [0.15, 0.2) is 77.5 Å². The van der Waals surface area contributed by atoms with Gasteiger partial charge in [-0.05, 0) is 89.7 Å². The number of carbonyl (C=O) groups is 3. The number of nitrogens with zero attached hydrogens (tertiary/aromatic N) is 1. The van der Waals surface area contributed by atoms with E-state index in [1.807, 2.05) is 25.1 Å². The average Bonchev–Trinajstić information content (AvgIpc) is 3.00. The molecular formula is C24H16ClFIN3O3. The van der Waals surface area contributed by atoms with E-state index in [0.717, 1.165) is 15.2 Å². The summed E-state index contributed by atoms with van der Waals surface area (Å²) < 4.78 is 15.2. The molecule has 3 aromatic carbocycles. The summed E-state index contributed by atoms with van der Waals surface area (Å²) in [5.41, 5.74) is 2.14. The summed E-state index contributed by atoms with van der Waals surface area (Å²) in [5.74, 6) is -2.60.